The molecule has 0 atom stereocenters. The van der Waals surface area contributed by atoms with E-state index < -0.39 is 0 Å². The molecule has 0 aliphatic carbocycles. The molecule has 1 aromatic carbocycles. The van der Waals surface area contributed by atoms with Crippen LogP contribution in [0.2, 0.25) is 0 Å². The van der Waals surface area contributed by atoms with Crippen molar-refractivity contribution in [1.29, 1.82) is 0 Å². The molecule has 7 N–H and O–H groups in total. The Morgan fingerprint density at radius 3 is 2.23 bits per heavy atom. The van der Waals surface area contributed by atoms with Gasteiger partial charge in [-0.2, -0.15) is 0 Å². The Balaban J connectivity index is 0. The molecular formula is C7H12BN2O3. The number of hydrogen-bond donors (Lipinski definition) is 2. The molecule has 1 rings (SSSR count). The first kappa shape index (κ1) is 14.2. The Morgan fingerprint density at radius 1 is 1.23 bits per heavy atom. The highest BCUT2D eigenvalue weighted by Crippen LogP contribution is 1.80. The van der Waals surface area contributed by atoms with Gasteiger partial charge in [-0.1, -0.05) is 35.8 Å². The van der Waals surface area contributed by atoms with Crippen molar-refractivity contribution < 1.29 is 15.7 Å². The van der Waals surface area contributed by atoms with Crippen molar-refractivity contribution in [2.45, 2.75) is 0 Å². The SMILES string of the molecule is NNC(=O)[B]c1ccccc1.O.O. The van der Waals surface area contributed by atoms with Crippen LogP contribution in [-0.2, 0) is 0 Å². The van der Waals surface area contributed by atoms with Crippen molar-refractivity contribution >= 4 is 18.5 Å². The highest BCUT2D eigenvalue weighted by atomic mass is 16.1. The van der Waals surface area contributed by atoms with Gasteiger partial charge in [-0.15, -0.1) is 0 Å². The van der Waals surface area contributed by atoms with E-state index in [1.54, 1.807) is 0 Å². The molecule has 0 saturated carbocycles. The third-order valence-corrected chi connectivity index (χ3v) is 1.24. The molecular weight excluding hydrogens is 171 g/mol. The second kappa shape index (κ2) is 7.29. The predicted molar refractivity (Wildman–Crippen MR) is 51.8 cm³/mol. The van der Waals surface area contributed by atoms with Crippen molar-refractivity contribution in [2.75, 3.05) is 0 Å². The molecule has 0 aliphatic heterocycles. The summed E-state index contributed by atoms with van der Waals surface area (Å²) in [5.41, 5.74) is 2.86. The summed E-state index contributed by atoms with van der Waals surface area (Å²) >= 11 is 0. The summed E-state index contributed by atoms with van der Waals surface area (Å²) in [6.07, 6.45) is 0. The van der Waals surface area contributed by atoms with E-state index >= 15 is 0 Å². The lowest BCUT2D eigenvalue weighted by Gasteiger charge is -1.96. The number of rotatable bonds is 2. The van der Waals surface area contributed by atoms with Crippen molar-refractivity contribution in [3.63, 3.8) is 0 Å². The maximum atomic E-state index is 10.7. The molecule has 1 aromatic rings. The van der Waals surface area contributed by atoms with Crippen molar-refractivity contribution in [1.82, 2.24) is 5.43 Å². The zero-order chi connectivity index (χ0) is 8.10. The van der Waals surface area contributed by atoms with Gasteiger partial charge in [0.15, 0.2) is 5.81 Å². The first-order chi connectivity index (χ1) is 5.33. The standard InChI is InChI=1S/C7H8BN2O.2H2O/c9-10-7(11)8-6-4-2-1-3-5-6;;/h1-5H,9H2,(H,10,11);2*1H2. The van der Waals surface area contributed by atoms with Gasteiger partial charge in [-0.05, 0) is 0 Å². The molecule has 71 valence electrons. The van der Waals surface area contributed by atoms with Crippen LogP contribution in [0.25, 0.3) is 0 Å². The Bertz CT molecular complexity index is 243. The average molecular weight is 183 g/mol. The molecule has 13 heavy (non-hydrogen) atoms. The van der Waals surface area contributed by atoms with Crippen LogP contribution < -0.4 is 16.7 Å². The maximum absolute atomic E-state index is 10.7. The van der Waals surface area contributed by atoms with Crippen LogP contribution in [0.1, 0.15) is 0 Å². The van der Waals surface area contributed by atoms with Gasteiger partial charge in [0.05, 0.1) is 0 Å². The molecule has 0 heterocycles. The number of amides is 1. The lowest BCUT2D eigenvalue weighted by Crippen LogP contribution is -2.38. The highest BCUT2D eigenvalue weighted by Gasteiger charge is 2.01. The fraction of sp³-hybridized carbons (Fsp3) is 0. The average Bonchev–Trinajstić information content (AvgIpc) is 2.06. The molecule has 0 fully saturated rings. The third-order valence-electron chi connectivity index (χ3n) is 1.24. The molecule has 0 aromatic heterocycles. The van der Waals surface area contributed by atoms with Gasteiger partial charge in [0.2, 0.25) is 0 Å². The molecule has 1 amide bonds. The van der Waals surface area contributed by atoms with Crippen LogP contribution in [0.3, 0.4) is 0 Å². The number of hydrazine groups is 1. The monoisotopic (exact) mass is 183 g/mol. The van der Waals surface area contributed by atoms with E-state index in [1.165, 1.54) is 7.28 Å². The lowest BCUT2D eigenvalue weighted by atomic mass is 9.70. The Hall–Kier alpha value is -1.37. The van der Waals surface area contributed by atoms with Crippen LogP contribution >= 0.6 is 0 Å². The first-order valence-electron chi connectivity index (χ1n) is 3.23. The maximum Gasteiger partial charge on any atom is 0.273 e. The molecule has 1 radical (unpaired) electrons. The van der Waals surface area contributed by atoms with Gasteiger partial charge in [-0.25, -0.2) is 5.84 Å². The molecule has 5 nitrogen and oxygen atoms in total. The van der Waals surface area contributed by atoms with Gasteiger partial charge in [0.25, 0.3) is 7.28 Å². The fourth-order valence-corrected chi connectivity index (χ4v) is 0.742. The minimum atomic E-state index is -0.295. The largest absolute Gasteiger partial charge is 0.412 e. The summed E-state index contributed by atoms with van der Waals surface area (Å²) in [6, 6.07) is 9.26. The molecule has 0 spiro atoms. The van der Waals surface area contributed by atoms with Crippen molar-refractivity contribution in [3.8, 4) is 0 Å². The Labute approximate surface area is 76.8 Å². The fourth-order valence-electron chi connectivity index (χ4n) is 0.742. The van der Waals surface area contributed by atoms with Gasteiger partial charge >= 0.3 is 0 Å². The van der Waals surface area contributed by atoms with E-state index in [2.05, 4.69) is 0 Å². The molecule has 0 bridgehead atoms. The number of carbonyl (C=O) groups excluding carboxylic acids is 1. The number of nitrogens with two attached hydrogens (primary N) is 1. The zero-order valence-electron chi connectivity index (χ0n) is 6.95. The van der Waals surface area contributed by atoms with Crippen molar-refractivity contribution in [3.05, 3.63) is 30.3 Å². The molecule has 0 saturated heterocycles. The second-order valence-corrected chi connectivity index (χ2v) is 2.06. The van der Waals surface area contributed by atoms with Gasteiger partial charge in [0, 0.05) is 0 Å². The Kier molecular flexibility index (Phi) is 7.95. The zero-order valence-corrected chi connectivity index (χ0v) is 6.95. The van der Waals surface area contributed by atoms with Gasteiger partial charge in [-0.3, -0.25) is 4.79 Å². The summed E-state index contributed by atoms with van der Waals surface area (Å²) in [4.78, 5) is 10.7. The van der Waals surface area contributed by atoms with Crippen LogP contribution in [-0.4, -0.2) is 24.0 Å². The first-order valence-corrected chi connectivity index (χ1v) is 3.23. The van der Waals surface area contributed by atoms with E-state index in [9.17, 15) is 4.79 Å². The van der Waals surface area contributed by atoms with Gasteiger partial charge < -0.3 is 16.4 Å². The normalized spacial score (nSPS) is 7.46. The number of benzene rings is 1. The topological polar surface area (TPSA) is 118 Å². The van der Waals surface area contributed by atoms with E-state index in [4.69, 9.17) is 5.84 Å². The minimum Gasteiger partial charge on any atom is -0.412 e. The second-order valence-electron chi connectivity index (χ2n) is 2.06. The van der Waals surface area contributed by atoms with Crippen molar-refractivity contribution in [2.24, 2.45) is 5.84 Å². The summed E-state index contributed by atoms with van der Waals surface area (Å²) in [5.74, 6) is 4.59. The predicted octanol–water partition coefficient (Wildman–Crippen LogP) is -2.05. The van der Waals surface area contributed by atoms with Crippen LogP contribution in [0.5, 0.6) is 0 Å². The third kappa shape index (κ3) is 4.97. The molecule has 0 unspecified atom stereocenters. The highest BCUT2D eigenvalue weighted by molar-refractivity contribution is 6.83. The summed E-state index contributed by atoms with van der Waals surface area (Å²) in [5, 5.41) is 0. The van der Waals surface area contributed by atoms with E-state index in [0.29, 0.717) is 0 Å². The van der Waals surface area contributed by atoms with Crippen LogP contribution in [0, 0.1) is 0 Å². The quantitative estimate of drug-likeness (QED) is 0.237. The van der Waals surface area contributed by atoms with E-state index in [-0.39, 0.29) is 16.8 Å². The minimum absolute atomic E-state index is 0. The molecule has 0 aliphatic rings. The Morgan fingerprint density at radius 2 is 1.77 bits per heavy atom. The molecule has 6 heteroatoms. The smallest absolute Gasteiger partial charge is 0.273 e. The lowest BCUT2D eigenvalue weighted by molar-refractivity contribution is 0.259. The summed E-state index contributed by atoms with van der Waals surface area (Å²) in [6.45, 7) is 0. The summed E-state index contributed by atoms with van der Waals surface area (Å²) < 4.78 is 0. The van der Waals surface area contributed by atoms with Crippen LogP contribution in [0.4, 0.5) is 4.79 Å². The number of carbonyl (C=O) groups is 1. The van der Waals surface area contributed by atoms with E-state index in [0.717, 1.165) is 5.46 Å². The van der Waals surface area contributed by atoms with E-state index in [1.807, 2.05) is 35.8 Å². The van der Waals surface area contributed by atoms with Crippen LogP contribution in [0.15, 0.2) is 30.3 Å². The number of hydrogen-bond acceptors (Lipinski definition) is 2. The summed E-state index contributed by atoms with van der Waals surface area (Å²) in [7, 11) is 1.43. The van der Waals surface area contributed by atoms with Gasteiger partial charge in [0.1, 0.15) is 0 Å². The number of nitrogens with one attached hydrogen (secondary N) is 1.